The number of ether oxygens (including phenoxy) is 1. The zero-order valence-corrected chi connectivity index (χ0v) is 16.3. The Morgan fingerprint density at radius 3 is 2.85 bits per heavy atom. The van der Waals surface area contributed by atoms with E-state index in [4.69, 9.17) is 28.6 Å². The van der Waals surface area contributed by atoms with Crippen LogP contribution in [-0.2, 0) is 12.8 Å². The molecule has 3 aromatic rings. The molecule has 0 aliphatic heterocycles. The van der Waals surface area contributed by atoms with E-state index in [0.717, 1.165) is 40.6 Å². The van der Waals surface area contributed by atoms with Gasteiger partial charge in [0.05, 0.1) is 17.5 Å². The van der Waals surface area contributed by atoms with Crippen LogP contribution in [0, 0.1) is 4.77 Å². The van der Waals surface area contributed by atoms with Gasteiger partial charge in [0.2, 0.25) is 0 Å². The van der Waals surface area contributed by atoms with E-state index < -0.39 is 5.91 Å². The number of carbonyl (C=O) groups excluding carboxylic acids is 1. The third-order valence-corrected chi connectivity index (χ3v) is 6.40. The largest absolute Gasteiger partial charge is 0.495 e. The van der Waals surface area contributed by atoms with Crippen LogP contribution < -0.4 is 10.3 Å². The molecule has 0 radical (unpaired) electrons. The minimum absolute atomic E-state index is 0.0954. The Labute approximate surface area is 163 Å². The number of nitrogens with one attached hydrogen (secondary N) is 1. The predicted octanol–water partition coefficient (Wildman–Crippen LogP) is 4.35. The number of carbonyl (C=O) groups is 1. The van der Waals surface area contributed by atoms with E-state index in [1.165, 1.54) is 18.1 Å². The smallest absolute Gasteiger partial charge is 0.270 e. The molecule has 2 aromatic heterocycles. The molecule has 1 aliphatic carbocycles. The summed E-state index contributed by atoms with van der Waals surface area (Å²) in [4.78, 5) is 31.1. The number of methoxy groups -OCH3 is 1. The number of aryl methyl sites for hydroxylation is 2. The van der Waals surface area contributed by atoms with E-state index in [1.807, 2.05) is 0 Å². The molecule has 0 fully saturated rings. The lowest BCUT2D eigenvalue weighted by Crippen LogP contribution is -2.29. The van der Waals surface area contributed by atoms with Crippen molar-refractivity contribution < 1.29 is 9.53 Å². The van der Waals surface area contributed by atoms with Gasteiger partial charge in [0, 0.05) is 10.4 Å². The van der Waals surface area contributed by atoms with Crippen molar-refractivity contribution in [2.45, 2.75) is 25.7 Å². The highest BCUT2D eigenvalue weighted by atomic mass is 35.5. The fraction of sp³-hybridized carbons (Fsp3) is 0.278. The molecule has 26 heavy (non-hydrogen) atoms. The van der Waals surface area contributed by atoms with Crippen molar-refractivity contribution in [3.63, 3.8) is 0 Å². The Hall–Kier alpha value is -1.96. The molecule has 0 spiro atoms. The van der Waals surface area contributed by atoms with E-state index in [9.17, 15) is 9.59 Å². The van der Waals surface area contributed by atoms with Crippen LogP contribution in [0.3, 0.4) is 0 Å². The number of H-pyrrole nitrogens is 1. The monoisotopic (exact) mass is 406 g/mol. The second-order valence-corrected chi connectivity index (χ2v) is 8.04. The Bertz CT molecular complexity index is 1160. The van der Waals surface area contributed by atoms with Gasteiger partial charge in [-0.15, -0.1) is 11.3 Å². The van der Waals surface area contributed by atoms with E-state index in [1.54, 1.807) is 23.5 Å². The highest BCUT2D eigenvalue weighted by molar-refractivity contribution is 7.71. The number of aromatic amines is 1. The Morgan fingerprint density at radius 1 is 1.35 bits per heavy atom. The van der Waals surface area contributed by atoms with E-state index >= 15 is 0 Å². The summed E-state index contributed by atoms with van der Waals surface area (Å²) in [6.07, 6.45) is 4.00. The summed E-state index contributed by atoms with van der Waals surface area (Å²) in [5.41, 5.74) is 0.975. The van der Waals surface area contributed by atoms with Crippen molar-refractivity contribution >= 4 is 51.3 Å². The quantitative estimate of drug-likeness (QED) is 0.642. The summed E-state index contributed by atoms with van der Waals surface area (Å²) < 4.78 is 6.23. The minimum Gasteiger partial charge on any atom is -0.495 e. The first kappa shape index (κ1) is 17.5. The minimum atomic E-state index is -0.501. The third kappa shape index (κ3) is 2.71. The van der Waals surface area contributed by atoms with Gasteiger partial charge in [-0.3, -0.25) is 9.59 Å². The molecule has 0 atom stereocenters. The summed E-state index contributed by atoms with van der Waals surface area (Å²) in [5, 5.41) is 0.890. The number of rotatable bonds is 2. The van der Waals surface area contributed by atoms with Crippen molar-refractivity contribution in [2.75, 3.05) is 7.11 Å². The highest BCUT2D eigenvalue weighted by Crippen LogP contribution is 2.33. The number of nitrogens with zero attached hydrogens (tertiary/aromatic N) is 1. The molecule has 8 heteroatoms. The van der Waals surface area contributed by atoms with Gasteiger partial charge in [-0.1, -0.05) is 11.6 Å². The van der Waals surface area contributed by atoms with Crippen molar-refractivity contribution in [3.05, 3.63) is 54.4 Å². The molecule has 134 valence electrons. The molecule has 0 saturated carbocycles. The van der Waals surface area contributed by atoms with Crippen LogP contribution in [0.15, 0.2) is 23.0 Å². The Morgan fingerprint density at radius 2 is 2.12 bits per heavy atom. The maximum Gasteiger partial charge on any atom is 0.270 e. The number of thiophene rings is 1. The fourth-order valence-electron chi connectivity index (χ4n) is 3.35. The van der Waals surface area contributed by atoms with E-state index in [2.05, 4.69) is 4.98 Å². The second kappa shape index (κ2) is 6.64. The molecule has 0 unspecified atom stereocenters. The molecule has 0 saturated heterocycles. The number of hydrogen-bond acceptors (Lipinski definition) is 5. The van der Waals surface area contributed by atoms with Gasteiger partial charge < -0.3 is 9.72 Å². The zero-order valence-electron chi connectivity index (χ0n) is 13.9. The SMILES string of the molecule is COc1ccc(C(=O)n2c(=S)[nH]c3sc4c(c3c2=O)CCCC4)cc1Cl. The molecule has 1 N–H and O–H groups in total. The lowest BCUT2D eigenvalue weighted by molar-refractivity contribution is 0.0953. The van der Waals surface area contributed by atoms with Crippen molar-refractivity contribution in [1.29, 1.82) is 0 Å². The standard InChI is InChI=1S/C18H15ClN2O3S2/c1-24-12-7-6-9(8-11(12)19)16(22)21-17(23)14-10-4-2-3-5-13(10)26-15(14)20-18(21)25/h6-8H,2-5H2,1H3,(H,20,25). The lowest BCUT2D eigenvalue weighted by Gasteiger charge is -2.11. The van der Waals surface area contributed by atoms with Crippen LogP contribution in [0.5, 0.6) is 5.75 Å². The van der Waals surface area contributed by atoms with Crippen LogP contribution in [0.1, 0.15) is 33.6 Å². The molecule has 5 nitrogen and oxygen atoms in total. The molecule has 1 aromatic carbocycles. The van der Waals surface area contributed by atoms with Crippen LogP contribution in [0.25, 0.3) is 10.2 Å². The van der Waals surface area contributed by atoms with Gasteiger partial charge >= 0.3 is 0 Å². The lowest BCUT2D eigenvalue weighted by atomic mass is 9.97. The number of hydrogen-bond donors (Lipinski definition) is 1. The molecule has 0 bridgehead atoms. The predicted molar refractivity (Wildman–Crippen MR) is 106 cm³/mol. The first-order valence-corrected chi connectivity index (χ1v) is 9.79. The van der Waals surface area contributed by atoms with Gasteiger partial charge in [0.15, 0.2) is 4.77 Å². The van der Waals surface area contributed by atoms with Gasteiger partial charge in [-0.2, -0.15) is 0 Å². The van der Waals surface area contributed by atoms with Crippen molar-refractivity contribution in [2.24, 2.45) is 0 Å². The Kier molecular flexibility index (Phi) is 4.46. The van der Waals surface area contributed by atoms with Crippen LogP contribution in [0.4, 0.5) is 0 Å². The number of aromatic nitrogens is 2. The van der Waals surface area contributed by atoms with Gasteiger partial charge in [0.25, 0.3) is 11.5 Å². The summed E-state index contributed by atoms with van der Waals surface area (Å²) in [5.74, 6) is -0.0402. The van der Waals surface area contributed by atoms with Crippen LogP contribution >= 0.6 is 35.2 Å². The number of benzene rings is 1. The maximum absolute atomic E-state index is 13.1. The molecule has 4 rings (SSSR count). The molecule has 2 heterocycles. The van der Waals surface area contributed by atoms with Gasteiger partial charge in [-0.05, 0) is 61.7 Å². The summed E-state index contributed by atoms with van der Waals surface area (Å²) in [7, 11) is 1.50. The van der Waals surface area contributed by atoms with E-state index in [0.29, 0.717) is 16.2 Å². The average molecular weight is 407 g/mol. The summed E-state index contributed by atoms with van der Waals surface area (Å²) >= 11 is 13.0. The normalized spacial score (nSPS) is 13.6. The first-order chi connectivity index (χ1) is 12.5. The number of fused-ring (bicyclic) bond motifs is 3. The molecule has 1 aliphatic rings. The number of halogens is 1. The average Bonchev–Trinajstić information content (AvgIpc) is 2.99. The molecule has 0 amide bonds. The van der Waals surface area contributed by atoms with Crippen LogP contribution in [0.2, 0.25) is 5.02 Å². The first-order valence-electron chi connectivity index (χ1n) is 8.19. The van der Waals surface area contributed by atoms with Crippen LogP contribution in [-0.4, -0.2) is 22.6 Å². The topological polar surface area (TPSA) is 64.1 Å². The summed E-state index contributed by atoms with van der Waals surface area (Å²) in [6, 6.07) is 4.65. The molecular formula is C18H15ClN2O3S2. The van der Waals surface area contributed by atoms with Gasteiger partial charge in [-0.25, -0.2) is 4.57 Å². The Balaban J connectivity index is 1.91. The highest BCUT2D eigenvalue weighted by Gasteiger charge is 2.23. The molecular weight excluding hydrogens is 392 g/mol. The fourth-order valence-corrected chi connectivity index (χ4v) is 5.22. The van der Waals surface area contributed by atoms with E-state index in [-0.39, 0.29) is 15.9 Å². The third-order valence-electron chi connectivity index (χ3n) is 4.61. The van der Waals surface area contributed by atoms with Gasteiger partial charge in [0.1, 0.15) is 10.6 Å². The summed E-state index contributed by atoms with van der Waals surface area (Å²) in [6.45, 7) is 0. The maximum atomic E-state index is 13.1. The second-order valence-electron chi connectivity index (χ2n) is 6.14. The van der Waals surface area contributed by atoms with Crippen molar-refractivity contribution in [3.8, 4) is 5.75 Å². The van der Waals surface area contributed by atoms with Crippen molar-refractivity contribution in [1.82, 2.24) is 9.55 Å². The zero-order chi connectivity index (χ0) is 18.4.